The lowest BCUT2D eigenvalue weighted by atomic mass is 10.2. The molecule has 1 saturated heterocycles. The lowest BCUT2D eigenvalue weighted by Gasteiger charge is -2.15. The van der Waals surface area contributed by atoms with Gasteiger partial charge < -0.3 is 20.8 Å². The lowest BCUT2D eigenvalue weighted by molar-refractivity contribution is 0.0572. The normalized spacial score (nSPS) is 24.8. The van der Waals surface area contributed by atoms with Crippen LogP contribution in [0.15, 0.2) is 24.3 Å². The molecule has 1 amide bonds. The van der Waals surface area contributed by atoms with Crippen molar-refractivity contribution in [3.63, 3.8) is 0 Å². The molecule has 1 aliphatic rings. The molecule has 0 bridgehead atoms. The minimum Gasteiger partial charge on any atom is -0.399 e. The molecular weight excluding hydrogens is 208 g/mol. The second-order valence-electron chi connectivity index (χ2n) is 3.97. The van der Waals surface area contributed by atoms with Crippen molar-refractivity contribution in [3.8, 4) is 0 Å². The van der Waals surface area contributed by atoms with E-state index in [9.17, 15) is 15.0 Å². The summed E-state index contributed by atoms with van der Waals surface area (Å²) in [5.74, 6) is -0.199. The summed E-state index contributed by atoms with van der Waals surface area (Å²) >= 11 is 0. The first-order valence-corrected chi connectivity index (χ1v) is 5.09. The molecule has 0 aliphatic carbocycles. The molecule has 1 aromatic rings. The number of hydrogen-bond donors (Lipinski definition) is 3. The summed E-state index contributed by atoms with van der Waals surface area (Å²) in [5.41, 5.74) is 6.62. The zero-order chi connectivity index (χ0) is 11.7. The van der Waals surface area contributed by atoms with Gasteiger partial charge in [-0.15, -0.1) is 0 Å². The molecule has 1 heterocycles. The maximum Gasteiger partial charge on any atom is 0.254 e. The summed E-state index contributed by atoms with van der Waals surface area (Å²) in [6, 6.07) is 6.57. The Balaban J connectivity index is 2.11. The van der Waals surface area contributed by atoms with Crippen LogP contribution in [0.1, 0.15) is 10.4 Å². The van der Waals surface area contributed by atoms with E-state index in [4.69, 9.17) is 5.73 Å². The fraction of sp³-hybridized carbons (Fsp3) is 0.364. The molecule has 16 heavy (non-hydrogen) atoms. The Kier molecular flexibility index (Phi) is 2.80. The second kappa shape index (κ2) is 4.11. The number of nitrogens with zero attached hydrogens (tertiary/aromatic N) is 1. The lowest BCUT2D eigenvalue weighted by Crippen LogP contribution is -2.29. The number of aliphatic hydroxyl groups is 2. The number of hydrogen-bond acceptors (Lipinski definition) is 4. The zero-order valence-electron chi connectivity index (χ0n) is 8.71. The molecule has 5 nitrogen and oxygen atoms in total. The summed E-state index contributed by atoms with van der Waals surface area (Å²) in [6.07, 6.45) is -1.70. The number of carbonyl (C=O) groups excluding carboxylic acids is 1. The van der Waals surface area contributed by atoms with Gasteiger partial charge in [0.2, 0.25) is 0 Å². The first-order chi connectivity index (χ1) is 7.58. The number of benzene rings is 1. The van der Waals surface area contributed by atoms with Gasteiger partial charge in [0.25, 0.3) is 5.91 Å². The van der Waals surface area contributed by atoms with Gasteiger partial charge in [0.15, 0.2) is 0 Å². The van der Waals surface area contributed by atoms with E-state index in [1.54, 1.807) is 24.3 Å². The molecule has 0 saturated carbocycles. The molecule has 2 atom stereocenters. The summed E-state index contributed by atoms with van der Waals surface area (Å²) in [5, 5.41) is 18.7. The van der Waals surface area contributed by atoms with Gasteiger partial charge in [0.05, 0.1) is 12.2 Å². The van der Waals surface area contributed by atoms with Gasteiger partial charge in [0.1, 0.15) is 0 Å². The van der Waals surface area contributed by atoms with Crippen molar-refractivity contribution >= 4 is 11.6 Å². The highest BCUT2D eigenvalue weighted by molar-refractivity contribution is 5.94. The monoisotopic (exact) mass is 222 g/mol. The smallest absolute Gasteiger partial charge is 0.254 e. The number of likely N-dealkylation sites (tertiary alicyclic amines) is 1. The Bertz CT molecular complexity index is 381. The number of amides is 1. The van der Waals surface area contributed by atoms with E-state index in [1.165, 1.54) is 4.90 Å². The van der Waals surface area contributed by atoms with Crippen LogP contribution in [0.25, 0.3) is 0 Å². The quantitative estimate of drug-likeness (QED) is 0.556. The van der Waals surface area contributed by atoms with Crippen LogP contribution in [0.3, 0.4) is 0 Å². The Morgan fingerprint density at radius 1 is 1.19 bits per heavy atom. The van der Waals surface area contributed by atoms with E-state index in [-0.39, 0.29) is 19.0 Å². The van der Waals surface area contributed by atoms with Crippen LogP contribution >= 0.6 is 0 Å². The number of nitrogens with two attached hydrogens (primary N) is 1. The number of β-amino-alcohol motifs (C(OH)–C–C–N with tert-alkyl or cyclic N) is 2. The molecule has 86 valence electrons. The van der Waals surface area contributed by atoms with Gasteiger partial charge in [-0.25, -0.2) is 0 Å². The average molecular weight is 222 g/mol. The van der Waals surface area contributed by atoms with E-state index in [2.05, 4.69) is 0 Å². The number of nitrogen functional groups attached to an aromatic ring is 1. The molecule has 4 N–H and O–H groups in total. The molecule has 1 aromatic carbocycles. The van der Waals surface area contributed by atoms with E-state index in [1.807, 2.05) is 0 Å². The molecule has 1 aliphatic heterocycles. The van der Waals surface area contributed by atoms with Gasteiger partial charge in [-0.3, -0.25) is 4.79 Å². The van der Waals surface area contributed by atoms with Crippen molar-refractivity contribution in [2.75, 3.05) is 18.8 Å². The average Bonchev–Trinajstić information content (AvgIpc) is 2.59. The Morgan fingerprint density at radius 3 is 2.19 bits per heavy atom. The highest BCUT2D eigenvalue weighted by Crippen LogP contribution is 2.15. The molecule has 0 radical (unpaired) electrons. The minimum atomic E-state index is -0.849. The van der Waals surface area contributed by atoms with Crippen molar-refractivity contribution < 1.29 is 15.0 Å². The zero-order valence-corrected chi connectivity index (χ0v) is 8.71. The maximum atomic E-state index is 11.9. The predicted octanol–water partition coefficient (Wildman–Crippen LogP) is -0.554. The first kappa shape index (κ1) is 10.9. The van der Waals surface area contributed by atoms with Crippen molar-refractivity contribution in [1.29, 1.82) is 0 Å². The van der Waals surface area contributed by atoms with Gasteiger partial charge in [-0.2, -0.15) is 0 Å². The van der Waals surface area contributed by atoms with Crippen LogP contribution in [0.4, 0.5) is 5.69 Å². The number of aliphatic hydroxyl groups excluding tert-OH is 2. The molecule has 1 fully saturated rings. The van der Waals surface area contributed by atoms with Crippen LogP contribution in [-0.2, 0) is 0 Å². The fourth-order valence-corrected chi connectivity index (χ4v) is 1.74. The molecule has 2 rings (SSSR count). The van der Waals surface area contributed by atoms with Crippen LogP contribution in [0.2, 0.25) is 0 Å². The third-order valence-electron chi connectivity index (χ3n) is 2.70. The van der Waals surface area contributed by atoms with E-state index >= 15 is 0 Å². The summed E-state index contributed by atoms with van der Waals surface area (Å²) in [7, 11) is 0. The topological polar surface area (TPSA) is 86.8 Å². The van der Waals surface area contributed by atoms with Crippen molar-refractivity contribution in [3.05, 3.63) is 29.8 Å². The Morgan fingerprint density at radius 2 is 1.69 bits per heavy atom. The first-order valence-electron chi connectivity index (χ1n) is 5.09. The summed E-state index contributed by atoms with van der Waals surface area (Å²) in [6.45, 7) is 0.342. The maximum absolute atomic E-state index is 11.9. The molecule has 5 heteroatoms. The van der Waals surface area contributed by atoms with Crippen molar-refractivity contribution in [1.82, 2.24) is 4.90 Å². The largest absolute Gasteiger partial charge is 0.399 e. The summed E-state index contributed by atoms with van der Waals surface area (Å²) in [4.78, 5) is 13.3. The van der Waals surface area contributed by atoms with Crippen molar-refractivity contribution in [2.24, 2.45) is 0 Å². The van der Waals surface area contributed by atoms with Gasteiger partial charge in [-0.1, -0.05) is 0 Å². The van der Waals surface area contributed by atoms with Gasteiger partial charge in [-0.05, 0) is 24.3 Å². The number of carbonyl (C=O) groups is 1. The van der Waals surface area contributed by atoms with E-state index in [0.717, 1.165) is 0 Å². The van der Waals surface area contributed by atoms with Crippen LogP contribution < -0.4 is 5.73 Å². The third-order valence-corrected chi connectivity index (χ3v) is 2.70. The highest BCUT2D eigenvalue weighted by atomic mass is 16.3. The number of anilines is 1. The van der Waals surface area contributed by atoms with Gasteiger partial charge >= 0.3 is 0 Å². The fourth-order valence-electron chi connectivity index (χ4n) is 1.74. The van der Waals surface area contributed by atoms with Gasteiger partial charge in [0, 0.05) is 24.3 Å². The standard InChI is InChI=1S/C11H14N2O3/c12-8-3-1-7(2-4-8)11(16)13-5-9(14)10(15)6-13/h1-4,9-10,14-15H,5-6,12H2/t9-,10+. The third kappa shape index (κ3) is 2.00. The Labute approximate surface area is 93.1 Å². The van der Waals surface area contributed by atoms with Crippen LogP contribution in [0.5, 0.6) is 0 Å². The van der Waals surface area contributed by atoms with Crippen molar-refractivity contribution in [2.45, 2.75) is 12.2 Å². The molecule has 0 spiro atoms. The number of rotatable bonds is 1. The molecule has 0 aromatic heterocycles. The minimum absolute atomic E-state index is 0.171. The Hall–Kier alpha value is -1.59. The van der Waals surface area contributed by atoms with E-state index in [0.29, 0.717) is 11.3 Å². The molecular formula is C11H14N2O3. The summed E-state index contributed by atoms with van der Waals surface area (Å²) < 4.78 is 0. The van der Waals surface area contributed by atoms with Crippen LogP contribution in [-0.4, -0.2) is 46.3 Å². The van der Waals surface area contributed by atoms with E-state index < -0.39 is 12.2 Å². The SMILES string of the molecule is Nc1ccc(C(=O)N2C[C@@H](O)[C@@H](O)C2)cc1. The highest BCUT2D eigenvalue weighted by Gasteiger charge is 2.32. The molecule has 0 unspecified atom stereocenters. The second-order valence-corrected chi connectivity index (χ2v) is 3.97. The van der Waals surface area contributed by atoms with Crippen LogP contribution in [0, 0.1) is 0 Å². The predicted molar refractivity (Wildman–Crippen MR) is 58.8 cm³/mol.